The molecule has 1 fully saturated rings. The Morgan fingerprint density at radius 1 is 1.50 bits per heavy atom. The van der Waals surface area contributed by atoms with Gasteiger partial charge in [-0.25, -0.2) is 4.98 Å². The molecule has 0 unspecified atom stereocenters. The first-order valence-electron chi connectivity index (χ1n) is 4.07. The predicted molar refractivity (Wildman–Crippen MR) is 44.1 cm³/mol. The van der Waals surface area contributed by atoms with Crippen molar-refractivity contribution in [3.05, 3.63) is 29.8 Å². The lowest BCUT2D eigenvalue weighted by molar-refractivity contribution is 0.579. The Bertz CT molecular complexity index is 277. The van der Waals surface area contributed by atoms with Gasteiger partial charge in [0, 0.05) is 11.7 Å². The molecule has 0 saturated heterocycles. The number of nitrogens with two attached hydrogens (primary N) is 1. The van der Waals surface area contributed by atoms with Crippen LogP contribution in [0.1, 0.15) is 18.4 Å². The van der Waals surface area contributed by atoms with Crippen LogP contribution in [0.4, 0.5) is 4.39 Å². The van der Waals surface area contributed by atoms with Crippen LogP contribution in [0, 0.1) is 5.95 Å². The molecule has 0 bridgehead atoms. The summed E-state index contributed by atoms with van der Waals surface area (Å²) in [4.78, 5) is 3.57. The van der Waals surface area contributed by atoms with Crippen LogP contribution in [-0.2, 0) is 6.42 Å². The summed E-state index contributed by atoms with van der Waals surface area (Å²) >= 11 is 0. The zero-order valence-electron chi connectivity index (χ0n) is 6.76. The lowest BCUT2D eigenvalue weighted by Gasteiger charge is -2.06. The molecule has 64 valence electrons. The van der Waals surface area contributed by atoms with Gasteiger partial charge >= 0.3 is 0 Å². The van der Waals surface area contributed by atoms with Gasteiger partial charge in [-0.05, 0) is 30.9 Å². The third kappa shape index (κ3) is 1.61. The van der Waals surface area contributed by atoms with E-state index in [1.165, 1.54) is 6.07 Å². The number of hydrogen-bond donors (Lipinski definition) is 1. The Labute approximate surface area is 70.6 Å². The molecule has 1 aliphatic carbocycles. The number of pyridine rings is 1. The highest BCUT2D eigenvalue weighted by molar-refractivity contribution is 5.17. The second-order valence-corrected chi connectivity index (χ2v) is 3.53. The molecular formula is C9H11FN2. The lowest BCUT2D eigenvalue weighted by atomic mass is 10.1. The Morgan fingerprint density at radius 3 is 2.75 bits per heavy atom. The summed E-state index contributed by atoms with van der Waals surface area (Å²) in [6.45, 7) is 0. The van der Waals surface area contributed by atoms with Crippen LogP contribution < -0.4 is 5.73 Å². The molecule has 2 N–H and O–H groups in total. The van der Waals surface area contributed by atoms with Crippen LogP contribution >= 0.6 is 0 Å². The van der Waals surface area contributed by atoms with Crippen LogP contribution in [0.3, 0.4) is 0 Å². The van der Waals surface area contributed by atoms with E-state index in [0.29, 0.717) is 0 Å². The van der Waals surface area contributed by atoms with E-state index in [-0.39, 0.29) is 5.54 Å². The molecule has 2 rings (SSSR count). The smallest absolute Gasteiger partial charge is 0.212 e. The van der Waals surface area contributed by atoms with Gasteiger partial charge in [-0.1, -0.05) is 6.07 Å². The van der Waals surface area contributed by atoms with Crippen LogP contribution in [0.5, 0.6) is 0 Å². The first-order valence-corrected chi connectivity index (χ1v) is 4.07. The summed E-state index contributed by atoms with van der Waals surface area (Å²) in [6, 6.07) is 3.12. The fourth-order valence-electron chi connectivity index (χ4n) is 1.25. The lowest BCUT2D eigenvalue weighted by Crippen LogP contribution is -2.24. The molecule has 0 aromatic carbocycles. The van der Waals surface area contributed by atoms with Gasteiger partial charge in [0.05, 0.1) is 0 Å². The number of nitrogens with zero attached hydrogens (tertiary/aromatic N) is 1. The Morgan fingerprint density at radius 2 is 2.25 bits per heavy atom. The molecule has 12 heavy (non-hydrogen) atoms. The number of halogens is 1. The largest absolute Gasteiger partial charge is 0.325 e. The fraction of sp³-hybridized carbons (Fsp3) is 0.444. The number of aromatic nitrogens is 1. The Balaban J connectivity index is 2.08. The van der Waals surface area contributed by atoms with E-state index >= 15 is 0 Å². The molecule has 1 aliphatic rings. The highest BCUT2D eigenvalue weighted by Gasteiger charge is 2.37. The second-order valence-electron chi connectivity index (χ2n) is 3.53. The summed E-state index contributed by atoms with van der Waals surface area (Å²) in [5.74, 6) is -0.430. The minimum atomic E-state index is -0.430. The van der Waals surface area contributed by atoms with Gasteiger partial charge in [0.25, 0.3) is 0 Å². The van der Waals surface area contributed by atoms with E-state index < -0.39 is 5.95 Å². The van der Waals surface area contributed by atoms with Gasteiger partial charge in [0.15, 0.2) is 0 Å². The normalized spacial score (nSPS) is 19.2. The molecule has 1 aromatic rings. The highest BCUT2D eigenvalue weighted by Crippen LogP contribution is 2.35. The van der Waals surface area contributed by atoms with E-state index in [4.69, 9.17) is 5.73 Å². The van der Waals surface area contributed by atoms with Crippen molar-refractivity contribution in [2.24, 2.45) is 5.73 Å². The van der Waals surface area contributed by atoms with Gasteiger partial charge in [-0.15, -0.1) is 0 Å². The SMILES string of the molecule is NC1(Cc2ccc(F)nc2)CC1. The highest BCUT2D eigenvalue weighted by atomic mass is 19.1. The quantitative estimate of drug-likeness (QED) is 0.671. The van der Waals surface area contributed by atoms with E-state index in [0.717, 1.165) is 24.8 Å². The summed E-state index contributed by atoms with van der Waals surface area (Å²) in [7, 11) is 0. The van der Waals surface area contributed by atoms with Crippen LogP contribution in [0.25, 0.3) is 0 Å². The Hall–Kier alpha value is -0.960. The summed E-state index contributed by atoms with van der Waals surface area (Å²) in [5.41, 5.74) is 6.91. The third-order valence-electron chi connectivity index (χ3n) is 2.24. The van der Waals surface area contributed by atoms with Crippen molar-refractivity contribution >= 4 is 0 Å². The second kappa shape index (κ2) is 2.52. The molecular weight excluding hydrogens is 155 g/mol. The maximum absolute atomic E-state index is 12.4. The van der Waals surface area contributed by atoms with E-state index in [9.17, 15) is 4.39 Å². The van der Waals surface area contributed by atoms with Crippen LogP contribution in [0.2, 0.25) is 0 Å². The van der Waals surface area contributed by atoms with Crippen molar-refractivity contribution in [2.45, 2.75) is 24.8 Å². The Kier molecular flexibility index (Phi) is 1.61. The van der Waals surface area contributed by atoms with Gasteiger partial charge in [0.1, 0.15) is 0 Å². The van der Waals surface area contributed by atoms with E-state index in [2.05, 4.69) is 4.98 Å². The molecule has 1 saturated carbocycles. The molecule has 0 aliphatic heterocycles. The minimum absolute atomic E-state index is 0.0144. The maximum Gasteiger partial charge on any atom is 0.212 e. The van der Waals surface area contributed by atoms with Gasteiger partial charge in [0.2, 0.25) is 5.95 Å². The first kappa shape index (κ1) is 7.68. The van der Waals surface area contributed by atoms with Crippen molar-refractivity contribution in [1.29, 1.82) is 0 Å². The van der Waals surface area contributed by atoms with Gasteiger partial charge in [-0.3, -0.25) is 0 Å². The predicted octanol–water partition coefficient (Wildman–Crippen LogP) is 1.25. The topological polar surface area (TPSA) is 38.9 Å². The zero-order valence-corrected chi connectivity index (χ0v) is 6.76. The van der Waals surface area contributed by atoms with Crippen LogP contribution in [-0.4, -0.2) is 10.5 Å². The number of hydrogen-bond acceptors (Lipinski definition) is 2. The molecule has 0 spiro atoms. The van der Waals surface area contributed by atoms with Crippen LogP contribution in [0.15, 0.2) is 18.3 Å². The molecule has 2 nitrogen and oxygen atoms in total. The van der Waals surface area contributed by atoms with E-state index in [1.807, 2.05) is 0 Å². The van der Waals surface area contributed by atoms with Crippen molar-refractivity contribution in [3.63, 3.8) is 0 Å². The summed E-state index contributed by atoms with van der Waals surface area (Å²) in [6.07, 6.45) is 4.53. The minimum Gasteiger partial charge on any atom is -0.325 e. The average Bonchev–Trinajstić information content (AvgIpc) is 2.74. The fourth-order valence-corrected chi connectivity index (χ4v) is 1.25. The summed E-state index contributed by atoms with van der Waals surface area (Å²) < 4.78 is 12.4. The van der Waals surface area contributed by atoms with Gasteiger partial charge in [-0.2, -0.15) is 4.39 Å². The molecule has 1 aromatic heterocycles. The third-order valence-corrected chi connectivity index (χ3v) is 2.24. The summed E-state index contributed by atoms with van der Waals surface area (Å²) in [5, 5.41) is 0. The van der Waals surface area contributed by atoms with Crippen molar-refractivity contribution in [3.8, 4) is 0 Å². The standard InChI is InChI=1S/C9H11FN2/c10-8-2-1-7(6-12-8)5-9(11)3-4-9/h1-2,6H,3-5,11H2. The van der Waals surface area contributed by atoms with Crippen molar-refractivity contribution in [2.75, 3.05) is 0 Å². The molecule has 0 amide bonds. The first-order chi connectivity index (χ1) is 5.68. The van der Waals surface area contributed by atoms with Crippen molar-refractivity contribution in [1.82, 2.24) is 4.98 Å². The average molecular weight is 166 g/mol. The molecule has 0 atom stereocenters. The molecule has 1 heterocycles. The number of rotatable bonds is 2. The molecule has 0 radical (unpaired) electrons. The van der Waals surface area contributed by atoms with E-state index in [1.54, 1.807) is 12.3 Å². The van der Waals surface area contributed by atoms with Gasteiger partial charge < -0.3 is 5.73 Å². The van der Waals surface area contributed by atoms with Crippen molar-refractivity contribution < 1.29 is 4.39 Å². The zero-order chi connectivity index (χ0) is 8.60. The maximum atomic E-state index is 12.4. The molecule has 3 heteroatoms. The monoisotopic (exact) mass is 166 g/mol.